The lowest BCUT2D eigenvalue weighted by Crippen LogP contribution is -2.22. The molecule has 0 N–H and O–H groups in total. The first-order valence-electron chi connectivity index (χ1n) is 6.76. The Balaban J connectivity index is 1.78. The second kappa shape index (κ2) is 4.81. The normalized spacial score (nSPS) is 24.7. The van der Waals surface area contributed by atoms with E-state index in [4.69, 9.17) is 4.74 Å². The summed E-state index contributed by atoms with van der Waals surface area (Å²) in [6.07, 6.45) is 0.508. The van der Waals surface area contributed by atoms with Crippen molar-refractivity contribution in [3.8, 4) is 0 Å². The van der Waals surface area contributed by atoms with E-state index in [0.717, 1.165) is 32.3 Å². The van der Waals surface area contributed by atoms with Crippen LogP contribution in [0.4, 0.5) is 13.2 Å². The monoisotopic (exact) mass is 274 g/mol. The molecule has 0 aromatic carbocycles. The maximum absolute atomic E-state index is 13.0. The number of hydrogen-bond acceptors (Lipinski definition) is 2. The van der Waals surface area contributed by atoms with Gasteiger partial charge in [0.1, 0.15) is 0 Å². The van der Waals surface area contributed by atoms with Gasteiger partial charge in [0.05, 0.1) is 17.9 Å². The molecule has 0 spiro atoms. The van der Waals surface area contributed by atoms with Crippen LogP contribution in [0.15, 0.2) is 6.20 Å². The van der Waals surface area contributed by atoms with E-state index in [-0.39, 0.29) is 17.5 Å². The summed E-state index contributed by atoms with van der Waals surface area (Å²) in [5.74, 6) is 0.294. The van der Waals surface area contributed by atoms with Crippen LogP contribution in [0.2, 0.25) is 0 Å². The molecule has 1 unspecified atom stereocenters. The van der Waals surface area contributed by atoms with Gasteiger partial charge in [-0.25, -0.2) is 0 Å². The number of alkyl halides is 3. The Bertz CT molecular complexity index is 445. The molecular weight excluding hydrogens is 257 g/mol. The highest BCUT2D eigenvalue weighted by atomic mass is 19.4. The Morgan fingerprint density at radius 1 is 1.32 bits per heavy atom. The van der Waals surface area contributed by atoms with E-state index in [1.54, 1.807) is 0 Å². The SMILES string of the molecule is FC(F)(F)c1cn(CC2CCCOC2)nc1C1CC1. The molecule has 1 saturated heterocycles. The minimum Gasteiger partial charge on any atom is -0.381 e. The molecule has 6 heteroatoms. The predicted octanol–water partition coefficient (Wildman–Crippen LogP) is 3.21. The molecule has 106 valence electrons. The van der Waals surface area contributed by atoms with E-state index in [1.165, 1.54) is 10.9 Å². The number of aromatic nitrogens is 2. The van der Waals surface area contributed by atoms with Crippen LogP contribution in [-0.4, -0.2) is 23.0 Å². The van der Waals surface area contributed by atoms with E-state index in [0.29, 0.717) is 13.2 Å². The Labute approximate surface area is 109 Å². The minimum atomic E-state index is -4.29. The minimum absolute atomic E-state index is 0.0143. The Kier molecular flexibility index (Phi) is 3.28. The van der Waals surface area contributed by atoms with E-state index in [9.17, 15) is 13.2 Å². The lowest BCUT2D eigenvalue weighted by atomic mass is 10.0. The number of halogens is 3. The second-order valence-corrected chi connectivity index (χ2v) is 5.51. The van der Waals surface area contributed by atoms with E-state index < -0.39 is 11.7 Å². The first-order valence-corrected chi connectivity index (χ1v) is 6.76. The molecule has 2 fully saturated rings. The van der Waals surface area contributed by atoms with Crippen molar-refractivity contribution in [3.63, 3.8) is 0 Å². The summed E-state index contributed by atoms with van der Waals surface area (Å²) in [4.78, 5) is 0. The van der Waals surface area contributed by atoms with Crippen LogP contribution < -0.4 is 0 Å². The van der Waals surface area contributed by atoms with Crippen molar-refractivity contribution < 1.29 is 17.9 Å². The molecular formula is C13H17F3N2O. The van der Waals surface area contributed by atoms with Crippen molar-refractivity contribution in [2.75, 3.05) is 13.2 Å². The molecule has 2 heterocycles. The molecule has 1 aliphatic carbocycles. The van der Waals surface area contributed by atoms with Crippen molar-refractivity contribution >= 4 is 0 Å². The molecule has 1 atom stereocenters. The zero-order valence-electron chi connectivity index (χ0n) is 10.6. The van der Waals surface area contributed by atoms with Crippen LogP contribution >= 0.6 is 0 Å². The number of hydrogen-bond donors (Lipinski definition) is 0. The van der Waals surface area contributed by atoms with Crippen LogP contribution in [0.3, 0.4) is 0 Å². The largest absolute Gasteiger partial charge is 0.419 e. The highest BCUT2D eigenvalue weighted by Gasteiger charge is 2.41. The Morgan fingerprint density at radius 2 is 2.11 bits per heavy atom. The smallest absolute Gasteiger partial charge is 0.381 e. The van der Waals surface area contributed by atoms with Gasteiger partial charge in [0.15, 0.2) is 0 Å². The summed E-state index contributed by atoms with van der Waals surface area (Å²) in [6, 6.07) is 0. The van der Waals surface area contributed by atoms with Crippen molar-refractivity contribution in [2.24, 2.45) is 5.92 Å². The summed E-state index contributed by atoms with van der Waals surface area (Å²) in [5, 5.41) is 4.17. The summed E-state index contributed by atoms with van der Waals surface area (Å²) < 4.78 is 45.7. The number of ether oxygens (including phenoxy) is 1. The van der Waals surface area contributed by atoms with Gasteiger partial charge in [-0.05, 0) is 25.7 Å². The lowest BCUT2D eigenvalue weighted by molar-refractivity contribution is -0.138. The van der Waals surface area contributed by atoms with E-state index in [1.807, 2.05) is 0 Å². The molecule has 2 aliphatic rings. The van der Waals surface area contributed by atoms with Gasteiger partial charge >= 0.3 is 6.18 Å². The first-order chi connectivity index (χ1) is 9.04. The zero-order chi connectivity index (χ0) is 13.5. The molecule has 0 amide bonds. The standard InChI is InChI=1S/C13H17F3N2O/c14-13(15,16)11-7-18(17-12(11)10-3-4-10)6-9-2-1-5-19-8-9/h7,9-10H,1-6,8H2. The van der Waals surface area contributed by atoms with Gasteiger partial charge in [-0.2, -0.15) is 18.3 Å². The van der Waals surface area contributed by atoms with Crippen LogP contribution in [0.25, 0.3) is 0 Å². The second-order valence-electron chi connectivity index (χ2n) is 5.51. The maximum Gasteiger partial charge on any atom is 0.419 e. The van der Waals surface area contributed by atoms with Crippen LogP contribution in [-0.2, 0) is 17.5 Å². The van der Waals surface area contributed by atoms with Crippen LogP contribution in [0.5, 0.6) is 0 Å². The molecule has 3 rings (SSSR count). The topological polar surface area (TPSA) is 27.1 Å². The summed E-state index contributed by atoms with van der Waals surface area (Å²) in [5.41, 5.74) is -0.309. The maximum atomic E-state index is 13.0. The van der Waals surface area contributed by atoms with Gasteiger partial charge < -0.3 is 4.74 Å². The highest BCUT2D eigenvalue weighted by molar-refractivity contribution is 5.27. The lowest BCUT2D eigenvalue weighted by Gasteiger charge is -2.21. The third-order valence-corrected chi connectivity index (χ3v) is 3.76. The van der Waals surface area contributed by atoms with Crippen molar-refractivity contribution in [1.82, 2.24) is 9.78 Å². The zero-order valence-corrected chi connectivity index (χ0v) is 10.6. The fourth-order valence-electron chi connectivity index (χ4n) is 2.62. The molecule has 0 radical (unpaired) electrons. The quantitative estimate of drug-likeness (QED) is 0.846. The van der Waals surface area contributed by atoms with Gasteiger partial charge in [-0.1, -0.05) is 0 Å². The fraction of sp³-hybridized carbons (Fsp3) is 0.769. The van der Waals surface area contributed by atoms with Crippen molar-refractivity contribution in [3.05, 3.63) is 17.5 Å². The Hall–Kier alpha value is -1.04. The molecule has 1 aromatic heterocycles. The van der Waals surface area contributed by atoms with Crippen LogP contribution in [0.1, 0.15) is 42.9 Å². The average Bonchev–Trinajstić information content (AvgIpc) is 3.11. The molecule has 1 saturated carbocycles. The molecule has 1 aliphatic heterocycles. The van der Waals surface area contributed by atoms with Gasteiger partial charge in [0.25, 0.3) is 0 Å². The van der Waals surface area contributed by atoms with Gasteiger partial charge in [0, 0.05) is 31.2 Å². The highest BCUT2D eigenvalue weighted by Crippen LogP contribution is 2.45. The predicted molar refractivity (Wildman–Crippen MR) is 62.7 cm³/mol. The number of rotatable bonds is 3. The fourth-order valence-corrected chi connectivity index (χ4v) is 2.62. The summed E-state index contributed by atoms with van der Waals surface area (Å²) >= 11 is 0. The third-order valence-electron chi connectivity index (χ3n) is 3.76. The summed E-state index contributed by atoms with van der Waals surface area (Å²) in [6.45, 7) is 1.91. The third kappa shape index (κ3) is 2.94. The number of nitrogens with zero attached hydrogens (tertiary/aromatic N) is 2. The molecule has 19 heavy (non-hydrogen) atoms. The van der Waals surface area contributed by atoms with E-state index >= 15 is 0 Å². The van der Waals surface area contributed by atoms with Crippen molar-refractivity contribution in [1.29, 1.82) is 0 Å². The van der Waals surface area contributed by atoms with E-state index in [2.05, 4.69) is 5.10 Å². The molecule has 3 nitrogen and oxygen atoms in total. The molecule has 1 aromatic rings. The Morgan fingerprint density at radius 3 is 2.68 bits per heavy atom. The van der Waals surface area contributed by atoms with Gasteiger partial charge in [-0.3, -0.25) is 4.68 Å². The first kappa shape index (κ1) is 13.0. The van der Waals surface area contributed by atoms with Crippen LogP contribution in [0, 0.1) is 5.92 Å². The average molecular weight is 274 g/mol. The summed E-state index contributed by atoms with van der Waals surface area (Å²) in [7, 11) is 0. The molecule has 0 bridgehead atoms. The van der Waals surface area contributed by atoms with Gasteiger partial charge in [-0.15, -0.1) is 0 Å². The van der Waals surface area contributed by atoms with Crippen molar-refractivity contribution in [2.45, 2.75) is 44.3 Å². The van der Waals surface area contributed by atoms with Gasteiger partial charge in [0.2, 0.25) is 0 Å².